The number of nitrogens with one attached hydrogen (secondary N) is 1. The molecule has 1 aliphatic heterocycles. The van der Waals surface area contributed by atoms with Crippen LogP contribution in [0.1, 0.15) is 90.2 Å². The molecule has 162 valence electrons. The third-order valence-electron chi connectivity index (χ3n) is 9.84. The van der Waals surface area contributed by atoms with E-state index in [2.05, 4.69) is 70.3 Å². The average molecular weight is 406 g/mol. The predicted octanol–water partition coefficient (Wildman–Crippen LogP) is 6.36. The second-order valence-electron chi connectivity index (χ2n) is 12.3. The van der Waals surface area contributed by atoms with Gasteiger partial charge in [0, 0.05) is 11.5 Å². The van der Waals surface area contributed by atoms with Gasteiger partial charge in [-0.1, -0.05) is 65.0 Å². The van der Waals surface area contributed by atoms with Gasteiger partial charge in [-0.05, 0) is 90.2 Å². The number of rotatable bonds is 1. The van der Waals surface area contributed by atoms with E-state index in [0.717, 1.165) is 18.3 Å². The van der Waals surface area contributed by atoms with Gasteiger partial charge in [-0.2, -0.15) is 0 Å². The third kappa shape index (κ3) is 2.93. The van der Waals surface area contributed by atoms with Crippen LogP contribution in [-0.4, -0.2) is 11.9 Å². The zero-order valence-electron chi connectivity index (χ0n) is 19.5. The molecule has 3 fully saturated rings. The van der Waals surface area contributed by atoms with Crippen molar-refractivity contribution in [1.29, 1.82) is 0 Å². The molecule has 2 nitrogen and oxygen atoms in total. The van der Waals surface area contributed by atoms with Crippen molar-refractivity contribution in [2.45, 2.75) is 90.5 Å². The van der Waals surface area contributed by atoms with E-state index in [9.17, 15) is 4.79 Å². The van der Waals surface area contributed by atoms with Crippen molar-refractivity contribution in [3.8, 4) is 0 Å². The van der Waals surface area contributed by atoms with E-state index in [0.29, 0.717) is 23.3 Å². The van der Waals surface area contributed by atoms with Gasteiger partial charge in [0.05, 0.1) is 0 Å². The van der Waals surface area contributed by atoms with E-state index in [1.807, 2.05) is 6.08 Å². The molecule has 1 aromatic rings. The van der Waals surface area contributed by atoms with Crippen molar-refractivity contribution in [2.75, 3.05) is 0 Å². The minimum absolute atomic E-state index is 0.108. The molecule has 0 radical (unpaired) electrons. The monoisotopic (exact) mass is 405 g/mol. The second kappa shape index (κ2) is 6.71. The van der Waals surface area contributed by atoms with E-state index < -0.39 is 0 Å². The lowest BCUT2D eigenvalue weighted by molar-refractivity contribution is -0.122. The van der Waals surface area contributed by atoms with Crippen LogP contribution in [0.5, 0.6) is 0 Å². The van der Waals surface area contributed by atoms with Crippen LogP contribution in [0.15, 0.2) is 36.4 Å². The summed E-state index contributed by atoms with van der Waals surface area (Å²) in [6, 6.07) is 9.85. The summed E-state index contributed by atoms with van der Waals surface area (Å²) in [6.07, 6.45) is 11.9. The summed E-state index contributed by atoms with van der Waals surface area (Å²) in [4.78, 5) is 12.0. The molecule has 3 aliphatic carbocycles. The highest BCUT2D eigenvalue weighted by Gasteiger charge is 2.59. The van der Waals surface area contributed by atoms with E-state index in [4.69, 9.17) is 0 Å². The molecule has 0 bridgehead atoms. The number of carbonyl (C=O) groups is 1. The molecule has 30 heavy (non-hydrogen) atoms. The first-order valence-electron chi connectivity index (χ1n) is 12.2. The molecule has 1 aromatic carbocycles. The maximum absolute atomic E-state index is 12.0. The van der Waals surface area contributed by atoms with Crippen LogP contribution in [0.25, 0.3) is 0 Å². The van der Waals surface area contributed by atoms with Crippen LogP contribution in [-0.2, 0) is 10.2 Å². The number of fused-ring (bicyclic) bond motifs is 5. The maximum Gasteiger partial charge on any atom is 0.243 e. The summed E-state index contributed by atoms with van der Waals surface area (Å²) >= 11 is 0. The van der Waals surface area contributed by atoms with Gasteiger partial charge in [-0.15, -0.1) is 0 Å². The van der Waals surface area contributed by atoms with E-state index >= 15 is 0 Å². The van der Waals surface area contributed by atoms with Crippen LogP contribution in [0.3, 0.4) is 0 Å². The topological polar surface area (TPSA) is 29.1 Å². The fourth-order valence-electron chi connectivity index (χ4n) is 8.10. The minimum atomic E-state index is 0.108. The zero-order valence-corrected chi connectivity index (χ0v) is 19.5. The number of hydrogen-bond acceptors (Lipinski definition) is 1. The standard InChI is InChI=1S/C28H39NO/c1-26(2,3)19-8-6-7-18(17-19)21-10-11-22-20-9-12-24-28(5,16-14-25(30)29-24)23(20)13-15-27(21,22)4/h6-8,14,16-17,20-24H,9-13,15H2,1-5H3,(H,29,30)/t20-,21?,22-,23+,24?,27+,28+/m0/s1. The Morgan fingerprint density at radius 2 is 1.80 bits per heavy atom. The molecule has 1 N–H and O–H groups in total. The van der Waals surface area contributed by atoms with Gasteiger partial charge in [0.2, 0.25) is 5.91 Å². The highest BCUT2D eigenvalue weighted by Crippen LogP contribution is 2.67. The van der Waals surface area contributed by atoms with Gasteiger partial charge >= 0.3 is 0 Å². The van der Waals surface area contributed by atoms with E-state index in [1.165, 1.54) is 37.7 Å². The first kappa shape index (κ1) is 20.3. The highest BCUT2D eigenvalue weighted by molar-refractivity contribution is 5.89. The molecule has 7 atom stereocenters. The molecule has 1 heterocycles. The number of carbonyl (C=O) groups excluding carboxylic acids is 1. The van der Waals surface area contributed by atoms with Crippen molar-refractivity contribution in [1.82, 2.24) is 5.32 Å². The van der Waals surface area contributed by atoms with E-state index in [-0.39, 0.29) is 16.7 Å². The van der Waals surface area contributed by atoms with Crippen molar-refractivity contribution >= 4 is 5.91 Å². The molecular weight excluding hydrogens is 366 g/mol. The SMILES string of the molecule is CC(C)(C)c1cccc(C2CC[C@H]3[C@@H]4CCC5NC(=O)C=C[C@]5(C)[C@@H]4CC[C@]23C)c1. The van der Waals surface area contributed by atoms with Gasteiger partial charge < -0.3 is 5.32 Å². The Morgan fingerprint density at radius 1 is 1.00 bits per heavy atom. The summed E-state index contributed by atoms with van der Waals surface area (Å²) in [6.45, 7) is 12.0. The van der Waals surface area contributed by atoms with Gasteiger partial charge in [0.15, 0.2) is 0 Å². The minimum Gasteiger partial charge on any atom is -0.349 e. The van der Waals surface area contributed by atoms with E-state index in [1.54, 1.807) is 5.56 Å². The van der Waals surface area contributed by atoms with Crippen LogP contribution >= 0.6 is 0 Å². The fraction of sp³-hybridized carbons (Fsp3) is 0.679. The van der Waals surface area contributed by atoms with Gasteiger partial charge in [-0.25, -0.2) is 0 Å². The first-order valence-corrected chi connectivity index (χ1v) is 12.2. The van der Waals surface area contributed by atoms with Crippen LogP contribution in [0.2, 0.25) is 0 Å². The summed E-state index contributed by atoms with van der Waals surface area (Å²) in [5.74, 6) is 3.14. The molecule has 0 spiro atoms. The van der Waals surface area contributed by atoms with Crippen molar-refractivity contribution < 1.29 is 4.79 Å². The normalized spacial score (nSPS) is 42.8. The lowest BCUT2D eigenvalue weighted by Crippen LogP contribution is -2.59. The Hall–Kier alpha value is -1.57. The molecular formula is C28H39NO. The highest BCUT2D eigenvalue weighted by atomic mass is 16.1. The summed E-state index contributed by atoms with van der Waals surface area (Å²) in [5.41, 5.74) is 3.81. The van der Waals surface area contributed by atoms with Crippen LogP contribution < -0.4 is 5.32 Å². The maximum atomic E-state index is 12.0. The Balaban J connectivity index is 1.45. The Kier molecular flexibility index (Phi) is 4.55. The largest absolute Gasteiger partial charge is 0.349 e. The number of hydrogen-bond donors (Lipinski definition) is 1. The zero-order chi connectivity index (χ0) is 21.3. The van der Waals surface area contributed by atoms with Crippen LogP contribution in [0.4, 0.5) is 0 Å². The third-order valence-corrected chi connectivity index (χ3v) is 9.84. The van der Waals surface area contributed by atoms with Gasteiger partial charge in [0.25, 0.3) is 0 Å². The fourth-order valence-corrected chi connectivity index (χ4v) is 8.10. The quantitative estimate of drug-likeness (QED) is 0.578. The van der Waals surface area contributed by atoms with Crippen molar-refractivity contribution in [3.05, 3.63) is 47.5 Å². The average Bonchev–Trinajstić information content (AvgIpc) is 3.05. The lowest BCUT2D eigenvalue weighted by Gasteiger charge is -2.59. The molecule has 0 saturated heterocycles. The van der Waals surface area contributed by atoms with Gasteiger partial charge in [-0.3, -0.25) is 4.79 Å². The number of benzene rings is 1. The Morgan fingerprint density at radius 3 is 2.57 bits per heavy atom. The summed E-state index contributed by atoms with van der Waals surface area (Å²) in [5, 5.41) is 3.29. The lowest BCUT2D eigenvalue weighted by atomic mass is 9.47. The molecule has 1 amide bonds. The smallest absolute Gasteiger partial charge is 0.243 e. The first-order chi connectivity index (χ1) is 14.1. The predicted molar refractivity (Wildman–Crippen MR) is 123 cm³/mol. The molecule has 2 unspecified atom stereocenters. The van der Waals surface area contributed by atoms with Crippen molar-refractivity contribution in [3.63, 3.8) is 0 Å². The number of amides is 1. The Bertz CT molecular complexity index is 879. The molecule has 3 saturated carbocycles. The molecule has 5 rings (SSSR count). The van der Waals surface area contributed by atoms with Gasteiger partial charge in [0.1, 0.15) is 0 Å². The molecule has 0 aromatic heterocycles. The summed E-state index contributed by atoms with van der Waals surface area (Å²) in [7, 11) is 0. The second-order valence-corrected chi connectivity index (χ2v) is 12.3. The molecule has 2 heteroatoms. The Labute approximate surface area is 182 Å². The van der Waals surface area contributed by atoms with Crippen LogP contribution in [0, 0.1) is 28.6 Å². The summed E-state index contributed by atoms with van der Waals surface area (Å²) < 4.78 is 0. The molecule has 4 aliphatic rings. The van der Waals surface area contributed by atoms with Crippen molar-refractivity contribution in [2.24, 2.45) is 28.6 Å².